The monoisotopic (exact) mass is 273 g/mol. The van der Waals surface area contributed by atoms with Gasteiger partial charge in [0, 0.05) is 6.54 Å². The molecule has 1 aromatic heterocycles. The average molecular weight is 273 g/mol. The van der Waals surface area contributed by atoms with Crippen LogP contribution in [-0.2, 0) is 6.54 Å². The summed E-state index contributed by atoms with van der Waals surface area (Å²) in [7, 11) is 1.62. The maximum Gasteiger partial charge on any atom is 0.203 e. The second kappa shape index (κ2) is 5.64. The summed E-state index contributed by atoms with van der Waals surface area (Å²) >= 11 is 0. The van der Waals surface area contributed by atoms with E-state index in [-0.39, 0.29) is 0 Å². The van der Waals surface area contributed by atoms with E-state index in [1.165, 1.54) is 6.33 Å². The Kier molecular flexibility index (Phi) is 3.54. The Labute approximate surface area is 116 Å². The Morgan fingerprint density at radius 3 is 2.80 bits per heavy atom. The minimum Gasteiger partial charge on any atom is -0.493 e. The van der Waals surface area contributed by atoms with Crippen molar-refractivity contribution >= 4 is 5.69 Å². The van der Waals surface area contributed by atoms with Gasteiger partial charge in [-0.05, 0) is 17.7 Å². The molecule has 1 aliphatic rings. The third-order valence-corrected chi connectivity index (χ3v) is 2.94. The SMILES string of the molecule is COc1cc(CNc2cncnc2)cc2c1OCCO2. The molecule has 0 bridgehead atoms. The van der Waals surface area contributed by atoms with Gasteiger partial charge in [-0.1, -0.05) is 0 Å². The number of nitrogens with zero attached hydrogens (tertiary/aromatic N) is 2. The zero-order chi connectivity index (χ0) is 13.8. The molecule has 6 heteroatoms. The van der Waals surface area contributed by atoms with E-state index in [4.69, 9.17) is 14.2 Å². The van der Waals surface area contributed by atoms with E-state index < -0.39 is 0 Å². The molecule has 0 saturated carbocycles. The van der Waals surface area contributed by atoms with Gasteiger partial charge in [-0.15, -0.1) is 0 Å². The lowest BCUT2D eigenvalue weighted by atomic mass is 10.1. The second-order valence-electron chi connectivity index (χ2n) is 4.30. The first kappa shape index (κ1) is 12.5. The van der Waals surface area contributed by atoms with Crippen molar-refractivity contribution in [3.05, 3.63) is 36.4 Å². The third-order valence-electron chi connectivity index (χ3n) is 2.94. The van der Waals surface area contributed by atoms with Crippen LogP contribution in [-0.4, -0.2) is 30.3 Å². The highest BCUT2D eigenvalue weighted by Crippen LogP contribution is 2.40. The fourth-order valence-electron chi connectivity index (χ4n) is 2.02. The number of rotatable bonds is 4. The Morgan fingerprint density at radius 1 is 1.20 bits per heavy atom. The topological polar surface area (TPSA) is 65.5 Å². The van der Waals surface area contributed by atoms with Crippen LogP contribution in [0.5, 0.6) is 17.2 Å². The first-order valence-corrected chi connectivity index (χ1v) is 6.32. The predicted molar refractivity (Wildman–Crippen MR) is 73.3 cm³/mol. The number of ether oxygens (including phenoxy) is 3. The van der Waals surface area contributed by atoms with Crippen molar-refractivity contribution in [3.8, 4) is 17.2 Å². The van der Waals surface area contributed by atoms with Crippen LogP contribution >= 0.6 is 0 Å². The molecule has 0 amide bonds. The van der Waals surface area contributed by atoms with Crippen molar-refractivity contribution < 1.29 is 14.2 Å². The minimum absolute atomic E-state index is 0.544. The summed E-state index contributed by atoms with van der Waals surface area (Å²) < 4.78 is 16.5. The Hall–Kier alpha value is -2.50. The van der Waals surface area contributed by atoms with E-state index in [2.05, 4.69) is 15.3 Å². The zero-order valence-electron chi connectivity index (χ0n) is 11.1. The molecule has 0 saturated heterocycles. The summed E-state index contributed by atoms with van der Waals surface area (Å²) in [5.41, 5.74) is 1.90. The van der Waals surface area contributed by atoms with Gasteiger partial charge in [0.15, 0.2) is 11.5 Å². The molecule has 1 aliphatic heterocycles. The van der Waals surface area contributed by atoms with Gasteiger partial charge < -0.3 is 19.5 Å². The van der Waals surface area contributed by atoms with Gasteiger partial charge >= 0.3 is 0 Å². The molecule has 0 aliphatic carbocycles. The lowest BCUT2D eigenvalue weighted by molar-refractivity contribution is 0.165. The van der Waals surface area contributed by atoms with Gasteiger partial charge in [-0.3, -0.25) is 0 Å². The van der Waals surface area contributed by atoms with Gasteiger partial charge in [0.25, 0.3) is 0 Å². The van der Waals surface area contributed by atoms with Crippen LogP contribution in [0, 0.1) is 0 Å². The molecular formula is C14H15N3O3. The Bertz CT molecular complexity index is 572. The highest BCUT2D eigenvalue weighted by atomic mass is 16.6. The first-order valence-electron chi connectivity index (χ1n) is 6.32. The summed E-state index contributed by atoms with van der Waals surface area (Å²) in [6, 6.07) is 3.89. The molecule has 2 heterocycles. The molecule has 0 atom stereocenters. The van der Waals surface area contributed by atoms with Gasteiger partial charge in [-0.2, -0.15) is 0 Å². The van der Waals surface area contributed by atoms with E-state index in [1.54, 1.807) is 19.5 Å². The molecular weight excluding hydrogens is 258 g/mol. The molecule has 6 nitrogen and oxygen atoms in total. The molecule has 1 N–H and O–H groups in total. The summed E-state index contributed by atoms with van der Waals surface area (Å²) in [4.78, 5) is 7.92. The molecule has 104 valence electrons. The average Bonchev–Trinajstić information content (AvgIpc) is 2.53. The maximum atomic E-state index is 5.60. The Morgan fingerprint density at radius 2 is 2.00 bits per heavy atom. The normalized spacial score (nSPS) is 12.8. The van der Waals surface area contributed by atoms with E-state index in [0.29, 0.717) is 31.3 Å². The number of anilines is 1. The number of benzene rings is 1. The van der Waals surface area contributed by atoms with Crippen LogP contribution < -0.4 is 19.5 Å². The first-order chi connectivity index (χ1) is 9.86. The lowest BCUT2D eigenvalue weighted by Crippen LogP contribution is -2.16. The fraction of sp³-hybridized carbons (Fsp3) is 0.286. The third kappa shape index (κ3) is 2.59. The predicted octanol–water partition coefficient (Wildman–Crippen LogP) is 1.87. The van der Waals surface area contributed by atoms with Crippen molar-refractivity contribution in [3.63, 3.8) is 0 Å². The van der Waals surface area contributed by atoms with Crippen molar-refractivity contribution in [1.29, 1.82) is 0 Å². The minimum atomic E-state index is 0.544. The van der Waals surface area contributed by atoms with E-state index >= 15 is 0 Å². The standard InChI is InChI=1S/C14H15N3O3/c1-18-12-4-10(5-13-14(12)20-3-2-19-13)6-17-11-7-15-9-16-8-11/h4-5,7-9,17H,2-3,6H2,1H3. The van der Waals surface area contributed by atoms with E-state index in [1.807, 2.05) is 12.1 Å². The molecule has 0 radical (unpaired) electrons. The number of methoxy groups -OCH3 is 1. The van der Waals surface area contributed by atoms with Crippen LogP contribution in [0.3, 0.4) is 0 Å². The van der Waals surface area contributed by atoms with Crippen molar-refractivity contribution in [2.24, 2.45) is 0 Å². The molecule has 0 fully saturated rings. The maximum absolute atomic E-state index is 5.60. The highest BCUT2D eigenvalue weighted by Gasteiger charge is 2.18. The number of hydrogen-bond acceptors (Lipinski definition) is 6. The van der Waals surface area contributed by atoms with Crippen LogP contribution in [0.4, 0.5) is 5.69 Å². The molecule has 0 spiro atoms. The van der Waals surface area contributed by atoms with Gasteiger partial charge in [-0.25, -0.2) is 9.97 Å². The van der Waals surface area contributed by atoms with Gasteiger partial charge in [0.05, 0.1) is 25.2 Å². The summed E-state index contributed by atoms with van der Waals surface area (Å²) in [6.07, 6.45) is 4.95. The zero-order valence-corrected chi connectivity index (χ0v) is 11.1. The van der Waals surface area contributed by atoms with Crippen molar-refractivity contribution in [1.82, 2.24) is 9.97 Å². The van der Waals surface area contributed by atoms with E-state index in [0.717, 1.165) is 17.0 Å². The smallest absolute Gasteiger partial charge is 0.203 e. The van der Waals surface area contributed by atoms with Crippen LogP contribution in [0.25, 0.3) is 0 Å². The second-order valence-corrected chi connectivity index (χ2v) is 4.30. The van der Waals surface area contributed by atoms with E-state index in [9.17, 15) is 0 Å². The van der Waals surface area contributed by atoms with Crippen molar-refractivity contribution in [2.45, 2.75) is 6.54 Å². The van der Waals surface area contributed by atoms with Crippen LogP contribution in [0.2, 0.25) is 0 Å². The van der Waals surface area contributed by atoms with Crippen LogP contribution in [0.1, 0.15) is 5.56 Å². The lowest BCUT2D eigenvalue weighted by Gasteiger charge is -2.21. The number of hydrogen-bond donors (Lipinski definition) is 1. The van der Waals surface area contributed by atoms with Crippen molar-refractivity contribution in [2.75, 3.05) is 25.6 Å². The highest BCUT2D eigenvalue weighted by molar-refractivity contribution is 5.55. The number of fused-ring (bicyclic) bond motifs is 1. The van der Waals surface area contributed by atoms with Crippen LogP contribution in [0.15, 0.2) is 30.9 Å². The molecule has 2 aromatic rings. The molecule has 3 rings (SSSR count). The summed E-state index contributed by atoms with van der Waals surface area (Å²) in [6.45, 7) is 1.72. The quantitative estimate of drug-likeness (QED) is 0.917. The summed E-state index contributed by atoms with van der Waals surface area (Å²) in [5, 5.41) is 3.24. The Balaban J connectivity index is 1.79. The van der Waals surface area contributed by atoms with Gasteiger partial charge in [0.1, 0.15) is 19.5 Å². The fourth-order valence-corrected chi connectivity index (χ4v) is 2.02. The molecule has 1 aromatic carbocycles. The number of nitrogens with one attached hydrogen (secondary N) is 1. The summed E-state index contributed by atoms with van der Waals surface area (Å²) in [5.74, 6) is 2.07. The molecule has 20 heavy (non-hydrogen) atoms. The number of aromatic nitrogens is 2. The largest absolute Gasteiger partial charge is 0.493 e. The van der Waals surface area contributed by atoms with Gasteiger partial charge in [0.2, 0.25) is 5.75 Å². The molecule has 0 unspecified atom stereocenters.